The topological polar surface area (TPSA) is 45.2 Å². The Morgan fingerprint density at radius 1 is 1.54 bits per heavy atom. The molecule has 0 saturated carbocycles. The molecule has 1 rings (SSSR count). The Balaban J connectivity index is 2.37. The molecule has 1 atom stereocenters. The second-order valence-corrected chi connectivity index (χ2v) is 4.43. The molecule has 0 aliphatic carbocycles. The molecular weight excluding hydrogens is 184 g/mol. The lowest BCUT2D eigenvalue weighted by Gasteiger charge is -2.03. The van der Waals surface area contributed by atoms with Crippen molar-refractivity contribution in [1.29, 1.82) is 0 Å². The Morgan fingerprint density at radius 3 is 2.69 bits per heavy atom. The minimum absolute atomic E-state index is 0.241. The highest BCUT2D eigenvalue weighted by atomic mass is 32.1. The third-order valence-electron chi connectivity index (χ3n) is 1.87. The fourth-order valence-corrected chi connectivity index (χ4v) is 1.78. The number of rotatable bonds is 4. The highest BCUT2D eigenvalue weighted by Gasteiger charge is 2.02. The first-order chi connectivity index (χ1) is 6.09. The third kappa shape index (κ3) is 3.32. The lowest BCUT2D eigenvalue weighted by Crippen LogP contribution is -2.09. The molecule has 0 aromatic carbocycles. The highest BCUT2D eigenvalue weighted by Crippen LogP contribution is 2.20. The average Bonchev–Trinajstić information content (AvgIpc) is 2.30. The predicted octanol–water partition coefficient (Wildman–Crippen LogP) is 1.94. The quantitative estimate of drug-likeness (QED) is 0.780. The number of anilines is 1. The zero-order chi connectivity index (χ0) is 9.84. The largest absolute Gasteiger partial charge is 0.393 e. The first-order valence-corrected chi connectivity index (χ1v) is 5.27. The molecule has 1 aromatic heterocycles. The van der Waals surface area contributed by atoms with Crippen LogP contribution in [-0.2, 0) is 0 Å². The van der Waals surface area contributed by atoms with Crippen LogP contribution in [0, 0.1) is 13.8 Å². The minimum Gasteiger partial charge on any atom is -0.393 e. The standard InChI is InChI=1S/C9H16N2OS/c1-6(12)4-5-10-9-11-7(2)8(3)13-9/h6,12H,4-5H2,1-3H3,(H,10,11)/t6-/m1/s1. The van der Waals surface area contributed by atoms with Crippen LogP contribution in [0.5, 0.6) is 0 Å². The highest BCUT2D eigenvalue weighted by molar-refractivity contribution is 7.15. The maximum atomic E-state index is 9.03. The van der Waals surface area contributed by atoms with E-state index in [1.54, 1.807) is 18.3 Å². The van der Waals surface area contributed by atoms with Crippen LogP contribution < -0.4 is 5.32 Å². The monoisotopic (exact) mass is 200 g/mol. The van der Waals surface area contributed by atoms with E-state index in [2.05, 4.69) is 17.2 Å². The summed E-state index contributed by atoms with van der Waals surface area (Å²) >= 11 is 1.66. The van der Waals surface area contributed by atoms with Gasteiger partial charge in [0, 0.05) is 11.4 Å². The normalized spacial score (nSPS) is 12.9. The number of nitrogens with one attached hydrogen (secondary N) is 1. The summed E-state index contributed by atoms with van der Waals surface area (Å²) in [5.41, 5.74) is 1.09. The number of aliphatic hydroxyl groups is 1. The summed E-state index contributed by atoms with van der Waals surface area (Å²) in [6, 6.07) is 0. The maximum absolute atomic E-state index is 9.03. The summed E-state index contributed by atoms with van der Waals surface area (Å²) in [5.74, 6) is 0. The summed E-state index contributed by atoms with van der Waals surface area (Å²) in [5, 5.41) is 13.2. The van der Waals surface area contributed by atoms with Gasteiger partial charge in [-0.1, -0.05) is 0 Å². The fourth-order valence-electron chi connectivity index (χ4n) is 0.936. The molecule has 0 amide bonds. The molecule has 0 aliphatic rings. The van der Waals surface area contributed by atoms with Crippen LogP contribution in [0.25, 0.3) is 0 Å². The second kappa shape index (κ2) is 4.58. The molecule has 1 heterocycles. The molecule has 0 fully saturated rings. The van der Waals surface area contributed by atoms with E-state index in [1.165, 1.54) is 4.88 Å². The van der Waals surface area contributed by atoms with Gasteiger partial charge in [-0.3, -0.25) is 0 Å². The van der Waals surface area contributed by atoms with Crippen molar-refractivity contribution in [2.45, 2.75) is 33.3 Å². The first kappa shape index (κ1) is 10.5. The van der Waals surface area contributed by atoms with Crippen LogP contribution in [-0.4, -0.2) is 22.7 Å². The Labute approximate surface area is 82.8 Å². The SMILES string of the molecule is Cc1nc(NCC[C@@H](C)O)sc1C. The first-order valence-electron chi connectivity index (χ1n) is 4.45. The molecule has 0 saturated heterocycles. The van der Waals surface area contributed by atoms with Gasteiger partial charge in [0.05, 0.1) is 11.8 Å². The van der Waals surface area contributed by atoms with Crippen molar-refractivity contribution in [2.75, 3.05) is 11.9 Å². The van der Waals surface area contributed by atoms with E-state index in [4.69, 9.17) is 5.11 Å². The number of hydrogen-bond donors (Lipinski definition) is 2. The Kier molecular flexibility index (Phi) is 3.69. The molecule has 4 heteroatoms. The molecule has 0 unspecified atom stereocenters. The molecule has 13 heavy (non-hydrogen) atoms. The van der Waals surface area contributed by atoms with Crippen molar-refractivity contribution in [3.05, 3.63) is 10.6 Å². The van der Waals surface area contributed by atoms with Crippen LogP contribution in [0.4, 0.5) is 5.13 Å². The lowest BCUT2D eigenvalue weighted by molar-refractivity contribution is 0.189. The van der Waals surface area contributed by atoms with Crippen molar-refractivity contribution < 1.29 is 5.11 Å². The van der Waals surface area contributed by atoms with Gasteiger partial charge in [0.25, 0.3) is 0 Å². The molecule has 1 aromatic rings. The van der Waals surface area contributed by atoms with Crippen molar-refractivity contribution in [2.24, 2.45) is 0 Å². The van der Waals surface area contributed by atoms with E-state index in [1.807, 2.05) is 6.92 Å². The van der Waals surface area contributed by atoms with Crippen LogP contribution in [0.2, 0.25) is 0 Å². The predicted molar refractivity (Wildman–Crippen MR) is 56.4 cm³/mol. The summed E-state index contributed by atoms with van der Waals surface area (Å²) < 4.78 is 0. The Morgan fingerprint density at radius 2 is 2.23 bits per heavy atom. The van der Waals surface area contributed by atoms with Gasteiger partial charge < -0.3 is 10.4 Å². The fraction of sp³-hybridized carbons (Fsp3) is 0.667. The van der Waals surface area contributed by atoms with Gasteiger partial charge in [0.2, 0.25) is 0 Å². The summed E-state index contributed by atoms with van der Waals surface area (Å²) in [7, 11) is 0. The minimum atomic E-state index is -0.241. The van der Waals surface area contributed by atoms with Crippen molar-refractivity contribution in [3.8, 4) is 0 Å². The molecule has 2 N–H and O–H groups in total. The van der Waals surface area contributed by atoms with Crippen LogP contribution in [0.15, 0.2) is 0 Å². The van der Waals surface area contributed by atoms with E-state index in [0.29, 0.717) is 0 Å². The van der Waals surface area contributed by atoms with Gasteiger partial charge in [-0.2, -0.15) is 0 Å². The van der Waals surface area contributed by atoms with Gasteiger partial charge in [-0.15, -0.1) is 11.3 Å². The zero-order valence-corrected chi connectivity index (χ0v) is 9.11. The Bertz CT molecular complexity index is 251. The van der Waals surface area contributed by atoms with Crippen molar-refractivity contribution >= 4 is 16.5 Å². The van der Waals surface area contributed by atoms with E-state index in [-0.39, 0.29) is 6.10 Å². The number of aliphatic hydroxyl groups excluding tert-OH is 1. The summed E-state index contributed by atoms with van der Waals surface area (Å²) in [6.45, 7) is 6.64. The van der Waals surface area contributed by atoms with Gasteiger partial charge in [0.15, 0.2) is 5.13 Å². The second-order valence-electron chi connectivity index (χ2n) is 3.23. The van der Waals surface area contributed by atoms with Gasteiger partial charge in [0.1, 0.15) is 0 Å². The lowest BCUT2D eigenvalue weighted by atomic mass is 10.3. The van der Waals surface area contributed by atoms with Crippen molar-refractivity contribution in [3.63, 3.8) is 0 Å². The summed E-state index contributed by atoms with van der Waals surface area (Å²) in [4.78, 5) is 5.58. The molecule has 0 aliphatic heterocycles. The van der Waals surface area contributed by atoms with Crippen molar-refractivity contribution in [1.82, 2.24) is 4.98 Å². The number of thiazole rings is 1. The van der Waals surface area contributed by atoms with E-state index in [0.717, 1.165) is 23.8 Å². The molecular formula is C9H16N2OS. The molecule has 74 valence electrons. The smallest absolute Gasteiger partial charge is 0.183 e. The van der Waals surface area contributed by atoms with Gasteiger partial charge in [-0.25, -0.2) is 4.98 Å². The van der Waals surface area contributed by atoms with E-state index >= 15 is 0 Å². The third-order valence-corrected chi connectivity index (χ3v) is 2.90. The van der Waals surface area contributed by atoms with Crippen LogP contribution >= 0.6 is 11.3 Å². The van der Waals surface area contributed by atoms with E-state index in [9.17, 15) is 0 Å². The Hall–Kier alpha value is -0.610. The van der Waals surface area contributed by atoms with Crippen LogP contribution in [0.1, 0.15) is 23.9 Å². The zero-order valence-electron chi connectivity index (χ0n) is 8.29. The number of hydrogen-bond acceptors (Lipinski definition) is 4. The average molecular weight is 200 g/mol. The summed E-state index contributed by atoms with van der Waals surface area (Å²) in [6.07, 6.45) is 0.521. The molecule has 0 spiro atoms. The van der Waals surface area contributed by atoms with Gasteiger partial charge >= 0.3 is 0 Å². The van der Waals surface area contributed by atoms with E-state index < -0.39 is 0 Å². The molecule has 0 radical (unpaired) electrons. The molecule has 0 bridgehead atoms. The number of nitrogens with zero attached hydrogens (tertiary/aromatic N) is 1. The maximum Gasteiger partial charge on any atom is 0.183 e. The van der Waals surface area contributed by atoms with Gasteiger partial charge in [-0.05, 0) is 27.2 Å². The van der Waals surface area contributed by atoms with Crippen LogP contribution in [0.3, 0.4) is 0 Å². The number of aryl methyl sites for hydroxylation is 2. The number of aromatic nitrogens is 1. The molecule has 3 nitrogen and oxygen atoms in total.